The Hall–Kier alpha value is -0.110. The normalized spacial score (nSPS) is 24.6. The van der Waals surface area contributed by atoms with Gasteiger partial charge in [-0.15, -0.1) is 0 Å². The molecule has 0 spiro atoms. The molecule has 0 amide bonds. The fraction of sp³-hybridized carbons (Fsp3) is 1.00. The minimum Gasteiger partial charge on any atom is -0.291 e. The molecule has 1 fully saturated rings. The predicted molar refractivity (Wildman–Crippen MR) is 40.5 cm³/mol. The van der Waals surface area contributed by atoms with Gasteiger partial charge in [0.25, 0.3) is 0 Å². The summed E-state index contributed by atoms with van der Waals surface area (Å²) in [6.45, 7) is 0. The molecule has 0 aliphatic heterocycles. The number of alkyl halides is 1. The number of rotatable bonds is 2. The van der Waals surface area contributed by atoms with E-state index in [0.29, 0.717) is 5.92 Å². The Labute approximate surface area is 62.0 Å². The van der Waals surface area contributed by atoms with Crippen LogP contribution in [0.1, 0.15) is 32.1 Å². The predicted octanol–water partition coefficient (Wildman–Crippen LogP) is 2.08. The van der Waals surface area contributed by atoms with Crippen LogP contribution in [0, 0.1) is 5.92 Å². The third kappa shape index (κ3) is 1.94. The van der Waals surface area contributed by atoms with Crippen molar-refractivity contribution in [3.8, 4) is 0 Å². The zero-order chi connectivity index (χ0) is 7.40. The molecular weight excluding hydrogens is 129 g/mol. The molecule has 1 N–H and O–H groups in total. The summed E-state index contributed by atoms with van der Waals surface area (Å²) in [5.74, 6) is 0.291. The van der Waals surface area contributed by atoms with Crippen molar-refractivity contribution in [2.24, 2.45) is 5.92 Å². The second-order valence-electron chi connectivity index (χ2n) is 3.09. The van der Waals surface area contributed by atoms with Crippen molar-refractivity contribution >= 4 is 0 Å². The second kappa shape index (κ2) is 3.91. The van der Waals surface area contributed by atoms with Crippen LogP contribution in [-0.4, -0.2) is 13.3 Å². The average Bonchev–Trinajstić information content (AvgIpc) is 2.05. The summed E-state index contributed by atoms with van der Waals surface area (Å²) >= 11 is 0. The molecule has 0 saturated heterocycles. The molecule has 2 heteroatoms. The lowest BCUT2D eigenvalue weighted by molar-refractivity contribution is 0.155. The summed E-state index contributed by atoms with van der Waals surface area (Å²) in [6.07, 6.45) is 5.11. The Morgan fingerprint density at radius 2 is 1.90 bits per heavy atom. The average molecular weight is 145 g/mol. The van der Waals surface area contributed by atoms with Crippen LogP contribution >= 0.6 is 0 Å². The molecule has 1 atom stereocenters. The van der Waals surface area contributed by atoms with E-state index in [2.05, 4.69) is 5.32 Å². The lowest BCUT2D eigenvalue weighted by atomic mass is 9.88. The van der Waals surface area contributed by atoms with E-state index in [1.54, 1.807) is 7.05 Å². The third-order valence-corrected chi connectivity index (χ3v) is 2.34. The Kier molecular flexibility index (Phi) is 3.13. The fourth-order valence-electron chi connectivity index (χ4n) is 1.66. The Balaban J connectivity index is 2.24. The minimum atomic E-state index is -0.764. The zero-order valence-corrected chi connectivity index (χ0v) is 6.57. The molecule has 0 heterocycles. The van der Waals surface area contributed by atoms with Crippen LogP contribution in [0.5, 0.6) is 0 Å². The Morgan fingerprint density at radius 3 is 2.40 bits per heavy atom. The Bertz CT molecular complexity index is 89.3. The van der Waals surface area contributed by atoms with Gasteiger partial charge >= 0.3 is 0 Å². The van der Waals surface area contributed by atoms with Gasteiger partial charge in [0.05, 0.1) is 0 Å². The highest BCUT2D eigenvalue weighted by atomic mass is 19.1. The summed E-state index contributed by atoms with van der Waals surface area (Å²) in [7, 11) is 1.69. The van der Waals surface area contributed by atoms with Gasteiger partial charge in [-0.05, 0) is 19.9 Å². The minimum absolute atomic E-state index is 0.291. The molecule has 60 valence electrons. The quantitative estimate of drug-likeness (QED) is 0.587. The van der Waals surface area contributed by atoms with E-state index >= 15 is 0 Å². The number of halogens is 1. The van der Waals surface area contributed by atoms with E-state index in [1.165, 1.54) is 19.3 Å². The second-order valence-corrected chi connectivity index (χ2v) is 3.09. The molecule has 0 aromatic carbocycles. The van der Waals surface area contributed by atoms with Crippen LogP contribution in [0.15, 0.2) is 0 Å². The zero-order valence-electron chi connectivity index (χ0n) is 6.57. The van der Waals surface area contributed by atoms with Crippen LogP contribution in [-0.2, 0) is 0 Å². The first-order valence-electron chi connectivity index (χ1n) is 4.16. The van der Waals surface area contributed by atoms with Gasteiger partial charge in [-0.25, -0.2) is 4.39 Å². The van der Waals surface area contributed by atoms with E-state index in [4.69, 9.17) is 0 Å². The molecule has 10 heavy (non-hydrogen) atoms. The highest BCUT2D eigenvalue weighted by Crippen LogP contribution is 2.26. The topological polar surface area (TPSA) is 12.0 Å². The lowest BCUT2D eigenvalue weighted by Gasteiger charge is -2.24. The van der Waals surface area contributed by atoms with Gasteiger partial charge in [0.1, 0.15) is 0 Å². The van der Waals surface area contributed by atoms with Crippen molar-refractivity contribution in [1.29, 1.82) is 0 Å². The highest BCUT2D eigenvalue weighted by molar-refractivity contribution is 4.70. The van der Waals surface area contributed by atoms with E-state index in [9.17, 15) is 4.39 Å². The molecule has 1 aliphatic carbocycles. The fourth-order valence-corrected chi connectivity index (χ4v) is 1.66. The van der Waals surface area contributed by atoms with Crippen LogP contribution in [0.3, 0.4) is 0 Å². The number of hydrogen-bond donors (Lipinski definition) is 1. The summed E-state index contributed by atoms with van der Waals surface area (Å²) in [5.41, 5.74) is 0. The molecule has 1 nitrogen and oxygen atoms in total. The first-order chi connectivity index (χ1) is 4.84. The molecule has 0 aromatic heterocycles. The summed E-state index contributed by atoms with van der Waals surface area (Å²) in [5, 5.41) is 2.67. The smallest absolute Gasteiger partial charge is 0.153 e. The van der Waals surface area contributed by atoms with Crippen molar-refractivity contribution in [2.75, 3.05) is 7.05 Å². The molecule has 1 saturated carbocycles. The van der Waals surface area contributed by atoms with Crippen LogP contribution in [0.2, 0.25) is 0 Å². The van der Waals surface area contributed by atoms with E-state index < -0.39 is 6.30 Å². The van der Waals surface area contributed by atoms with E-state index in [0.717, 1.165) is 12.8 Å². The monoisotopic (exact) mass is 145 g/mol. The lowest BCUT2D eigenvalue weighted by Crippen LogP contribution is -2.30. The SMILES string of the molecule is CN[C@H](F)C1CCCCC1. The molecule has 0 aromatic rings. The number of hydrogen-bond acceptors (Lipinski definition) is 1. The largest absolute Gasteiger partial charge is 0.291 e. The summed E-state index contributed by atoms with van der Waals surface area (Å²) < 4.78 is 12.9. The van der Waals surface area contributed by atoms with Gasteiger partial charge in [-0.2, -0.15) is 0 Å². The molecule has 1 aliphatic rings. The van der Waals surface area contributed by atoms with Crippen molar-refractivity contribution in [2.45, 2.75) is 38.4 Å². The maximum absolute atomic E-state index is 12.9. The van der Waals surface area contributed by atoms with Crippen molar-refractivity contribution < 1.29 is 4.39 Å². The van der Waals surface area contributed by atoms with Crippen LogP contribution < -0.4 is 5.32 Å². The number of nitrogens with one attached hydrogen (secondary N) is 1. The van der Waals surface area contributed by atoms with Gasteiger partial charge in [0.15, 0.2) is 6.30 Å². The van der Waals surface area contributed by atoms with E-state index in [-0.39, 0.29) is 0 Å². The van der Waals surface area contributed by atoms with Crippen LogP contribution in [0.4, 0.5) is 4.39 Å². The van der Waals surface area contributed by atoms with Crippen LogP contribution in [0.25, 0.3) is 0 Å². The molecular formula is C8H16FN. The Morgan fingerprint density at radius 1 is 1.30 bits per heavy atom. The molecule has 0 radical (unpaired) electrons. The van der Waals surface area contributed by atoms with Gasteiger partial charge in [-0.1, -0.05) is 19.3 Å². The van der Waals surface area contributed by atoms with Gasteiger partial charge in [-0.3, -0.25) is 5.32 Å². The standard InChI is InChI=1S/C8H16FN/c1-10-8(9)7-5-3-2-4-6-7/h7-8,10H,2-6H2,1H3/t8-/m0/s1. The van der Waals surface area contributed by atoms with Crippen molar-refractivity contribution in [1.82, 2.24) is 5.32 Å². The maximum Gasteiger partial charge on any atom is 0.153 e. The van der Waals surface area contributed by atoms with Crippen molar-refractivity contribution in [3.63, 3.8) is 0 Å². The highest BCUT2D eigenvalue weighted by Gasteiger charge is 2.20. The summed E-state index contributed by atoms with van der Waals surface area (Å²) in [4.78, 5) is 0. The van der Waals surface area contributed by atoms with Gasteiger partial charge < -0.3 is 0 Å². The third-order valence-electron chi connectivity index (χ3n) is 2.34. The van der Waals surface area contributed by atoms with Crippen molar-refractivity contribution in [3.05, 3.63) is 0 Å². The molecule has 0 bridgehead atoms. The molecule has 0 unspecified atom stereocenters. The molecule has 1 rings (SSSR count). The van der Waals surface area contributed by atoms with E-state index in [1.807, 2.05) is 0 Å². The first kappa shape index (κ1) is 7.99. The first-order valence-corrected chi connectivity index (χ1v) is 4.16. The van der Waals surface area contributed by atoms with Gasteiger partial charge in [0.2, 0.25) is 0 Å². The maximum atomic E-state index is 12.9. The summed E-state index contributed by atoms with van der Waals surface area (Å²) in [6, 6.07) is 0. The van der Waals surface area contributed by atoms with Gasteiger partial charge in [0, 0.05) is 5.92 Å².